The molecular formula is C14H16ClNO2. The molecular weight excluding hydrogens is 250 g/mol. The number of hydrogen-bond acceptors (Lipinski definition) is 3. The molecule has 1 aromatic rings. The molecule has 0 bridgehead atoms. The number of fused-ring (bicyclic) bond motifs is 1. The van der Waals surface area contributed by atoms with E-state index in [-0.39, 0.29) is 0 Å². The molecule has 1 aromatic carbocycles. The number of morpholine rings is 1. The SMILES string of the molecule is O=Cc1cc(Cl)ccc1N1CCOC2CCCC21. The van der Waals surface area contributed by atoms with Crippen LogP contribution in [0, 0.1) is 0 Å². The molecule has 18 heavy (non-hydrogen) atoms. The fourth-order valence-electron chi connectivity index (χ4n) is 3.11. The summed E-state index contributed by atoms with van der Waals surface area (Å²) in [4.78, 5) is 13.5. The van der Waals surface area contributed by atoms with Crippen molar-refractivity contribution in [2.45, 2.75) is 31.4 Å². The Balaban J connectivity index is 1.95. The van der Waals surface area contributed by atoms with Crippen molar-refractivity contribution in [1.82, 2.24) is 0 Å². The first-order valence-electron chi connectivity index (χ1n) is 6.42. The van der Waals surface area contributed by atoms with Gasteiger partial charge in [-0.2, -0.15) is 0 Å². The zero-order valence-corrected chi connectivity index (χ0v) is 10.9. The van der Waals surface area contributed by atoms with Crippen molar-refractivity contribution in [3.63, 3.8) is 0 Å². The Hall–Kier alpha value is -1.06. The van der Waals surface area contributed by atoms with E-state index in [1.54, 1.807) is 6.07 Å². The molecule has 1 saturated carbocycles. The van der Waals surface area contributed by atoms with E-state index < -0.39 is 0 Å². The summed E-state index contributed by atoms with van der Waals surface area (Å²) in [7, 11) is 0. The van der Waals surface area contributed by atoms with Gasteiger partial charge in [0.25, 0.3) is 0 Å². The molecule has 3 nitrogen and oxygen atoms in total. The number of carbonyl (C=O) groups excluding carboxylic acids is 1. The van der Waals surface area contributed by atoms with Gasteiger partial charge < -0.3 is 9.64 Å². The van der Waals surface area contributed by atoms with Crippen LogP contribution in [-0.4, -0.2) is 31.6 Å². The van der Waals surface area contributed by atoms with E-state index >= 15 is 0 Å². The molecule has 3 rings (SSSR count). The predicted octanol–water partition coefficient (Wildman–Crippen LogP) is 2.91. The average molecular weight is 266 g/mol. The first-order chi connectivity index (χ1) is 8.79. The summed E-state index contributed by atoms with van der Waals surface area (Å²) in [6.07, 6.45) is 4.70. The number of aldehydes is 1. The summed E-state index contributed by atoms with van der Waals surface area (Å²) in [6.45, 7) is 1.59. The molecule has 2 atom stereocenters. The summed E-state index contributed by atoms with van der Waals surface area (Å²) >= 11 is 5.94. The van der Waals surface area contributed by atoms with Gasteiger partial charge >= 0.3 is 0 Å². The van der Waals surface area contributed by atoms with Crippen LogP contribution in [0.5, 0.6) is 0 Å². The first-order valence-corrected chi connectivity index (χ1v) is 6.80. The van der Waals surface area contributed by atoms with Crippen molar-refractivity contribution in [2.75, 3.05) is 18.1 Å². The van der Waals surface area contributed by atoms with E-state index in [1.165, 1.54) is 6.42 Å². The van der Waals surface area contributed by atoms with Gasteiger partial charge in [-0.05, 0) is 37.5 Å². The zero-order valence-electron chi connectivity index (χ0n) is 10.1. The van der Waals surface area contributed by atoms with Crippen molar-refractivity contribution in [3.05, 3.63) is 28.8 Å². The number of halogens is 1. The molecule has 0 spiro atoms. The Morgan fingerprint density at radius 2 is 2.28 bits per heavy atom. The van der Waals surface area contributed by atoms with Crippen LogP contribution in [-0.2, 0) is 4.74 Å². The van der Waals surface area contributed by atoms with E-state index in [4.69, 9.17) is 16.3 Å². The molecule has 2 fully saturated rings. The molecule has 0 amide bonds. The number of rotatable bonds is 2. The van der Waals surface area contributed by atoms with Gasteiger partial charge in [0.15, 0.2) is 6.29 Å². The highest BCUT2D eigenvalue weighted by molar-refractivity contribution is 6.31. The molecule has 1 saturated heterocycles. The van der Waals surface area contributed by atoms with Gasteiger partial charge in [0.2, 0.25) is 0 Å². The Morgan fingerprint density at radius 1 is 1.39 bits per heavy atom. The van der Waals surface area contributed by atoms with Gasteiger partial charge in [-0.25, -0.2) is 0 Å². The minimum atomic E-state index is 0.328. The predicted molar refractivity (Wildman–Crippen MR) is 71.6 cm³/mol. The van der Waals surface area contributed by atoms with Crippen LogP contribution in [0.15, 0.2) is 18.2 Å². The third-order valence-electron chi connectivity index (χ3n) is 3.91. The second kappa shape index (κ2) is 4.90. The van der Waals surface area contributed by atoms with Gasteiger partial charge in [-0.15, -0.1) is 0 Å². The molecule has 1 aliphatic carbocycles. The minimum absolute atomic E-state index is 0.328. The fourth-order valence-corrected chi connectivity index (χ4v) is 3.29. The highest BCUT2D eigenvalue weighted by atomic mass is 35.5. The largest absolute Gasteiger partial charge is 0.374 e. The van der Waals surface area contributed by atoms with E-state index in [9.17, 15) is 4.79 Å². The van der Waals surface area contributed by atoms with Crippen LogP contribution in [0.1, 0.15) is 29.6 Å². The quantitative estimate of drug-likeness (QED) is 0.770. The first kappa shape index (κ1) is 12.0. The number of benzene rings is 1. The Morgan fingerprint density at radius 3 is 3.11 bits per heavy atom. The van der Waals surface area contributed by atoms with Crippen molar-refractivity contribution in [3.8, 4) is 0 Å². The average Bonchev–Trinajstić information content (AvgIpc) is 2.86. The van der Waals surface area contributed by atoms with Crippen LogP contribution >= 0.6 is 11.6 Å². The molecule has 2 aliphatic rings. The topological polar surface area (TPSA) is 29.5 Å². The number of carbonyl (C=O) groups is 1. The molecule has 0 radical (unpaired) electrons. The Labute approximate surface area is 112 Å². The van der Waals surface area contributed by atoms with Crippen molar-refractivity contribution in [1.29, 1.82) is 0 Å². The molecule has 2 unspecified atom stereocenters. The highest BCUT2D eigenvalue weighted by Gasteiger charge is 2.36. The summed E-state index contributed by atoms with van der Waals surface area (Å²) in [5.41, 5.74) is 1.67. The van der Waals surface area contributed by atoms with Gasteiger partial charge in [-0.1, -0.05) is 11.6 Å². The van der Waals surface area contributed by atoms with Crippen LogP contribution in [0.4, 0.5) is 5.69 Å². The van der Waals surface area contributed by atoms with Gasteiger partial charge in [-0.3, -0.25) is 4.79 Å². The zero-order chi connectivity index (χ0) is 12.5. The Bertz CT molecular complexity index is 463. The van der Waals surface area contributed by atoms with Gasteiger partial charge in [0.1, 0.15) is 0 Å². The monoisotopic (exact) mass is 265 g/mol. The summed E-state index contributed by atoms with van der Waals surface area (Å²) in [5, 5.41) is 0.608. The normalized spacial score (nSPS) is 27.1. The third-order valence-corrected chi connectivity index (χ3v) is 4.14. The number of nitrogens with zero attached hydrogens (tertiary/aromatic N) is 1. The van der Waals surface area contributed by atoms with E-state index in [1.807, 2.05) is 12.1 Å². The highest BCUT2D eigenvalue weighted by Crippen LogP contribution is 2.34. The number of ether oxygens (including phenoxy) is 1. The lowest BCUT2D eigenvalue weighted by Gasteiger charge is -2.39. The number of hydrogen-bond donors (Lipinski definition) is 0. The van der Waals surface area contributed by atoms with E-state index in [0.717, 1.165) is 38.0 Å². The Kier molecular flexibility index (Phi) is 3.27. The smallest absolute Gasteiger partial charge is 0.152 e. The standard InChI is InChI=1S/C14H16ClNO2/c15-11-4-5-12(10(8-11)9-17)16-6-7-18-14-3-1-2-13(14)16/h4-5,8-9,13-14H,1-3,6-7H2. The molecule has 96 valence electrons. The second-order valence-corrected chi connectivity index (χ2v) is 5.36. The van der Waals surface area contributed by atoms with Crippen LogP contribution < -0.4 is 4.90 Å². The summed E-state index contributed by atoms with van der Waals surface area (Å²) in [6, 6.07) is 5.96. The van der Waals surface area contributed by atoms with Crippen LogP contribution in [0.2, 0.25) is 5.02 Å². The van der Waals surface area contributed by atoms with Crippen molar-refractivity contribution in [2.24, 2.45) is 0 Å². The maximum Gasteiger partial charge on any atom is 0.152 e. The second-order valence-electron chi connectivity index (χ2n) is 4.92. The number of anilines is 1. The van der Waals surface area contributed by atoms with Gasteiger partial charge in [0.05, 0.1) is 18.8 Å². The molecule has 1 aliphatic heterocycles. The molecule has 0 N–H and O–H groups in total. The minimum Gasteiger partial charge on any atom is -0.374 e. The lowest BCUT2D eigenvalue weighted by Crippen LogP contribution is -2.49. The maximum atomic E-state index is 11.2. The summed E-state index contributed by atoms with van der Waals surface area (Å²) < 4.78 is 5.79. The lowest BCUT2D eigenvalue weighted by molar-refractivity contribution is 0.0256. The van der Waals surface area contributed by atoms with Crippen molar-refractivity contribution < 1.29 is 9.53 Å². The molecule has 0 aromatic heterocycles. The lowest BCUT2D eigenvalue weighted by atomic mass is 10.1. The van der Waals surface area contributed by atoms with E-state index in [2.05, 4.69) is 4.90 Å². The maximum absolute atomic E-state index is 11.2. The van der Waals surface area contributed by atoms with Crippen LogP contribution in [0.25, 0.3) is 0 Å². The van der Waals surface area contributed by atoms with Crippen LogP contribution in [0.3, 0.4) is 0 Å². The fraction of sp³-hybridized carbons (Fsp3) is 0.500. The molecule has 4 heteroatoms. The summed E-state index contributed by atoms with van der Waals surface area (Å²) in [5.74, 6) is 0. The van der Waals surface area contributed by atoms with Crippen molar-refractivity contribution >= 4 is 23.6 Å². The van der Waals surface area contributed by atoms with E-state index in [0.29, 0.717) is 22.7 Å². The molecule has 1 heterocycles. The third kappa shape index (κ3) is 2.02. The van der Waals surface area contributed by atoms with Gasteiger partial charge in [0, 0.05) is 22.8 Å².